The molecule has 1 fully saturated rings. The molecule has 3 rings (SSSR count). The van der Waals surface area contributed by atoms with E-state index in [1.165, 1.54) is 6.07 Å². The van der Waals surface area contributed by atoms with E-state index in [1.807, 2.05) is 30.3 Å². The van der Waals surface area contributed by atoms with E-state index in [0.29, 0.717) is 13.1 Å². The zero-order valence-corrected chi connectivity index (χ0v) is 12.8. The van der Waals surface area contributed by atoms with Crippen LogP contribution in [0.2, 0.25) is 0 Å². The van der Waals surface area contributed by atoms with E-state index in [1.54, 1.807) is 4.90 Å². The molecule has 0 aromatic heterocycles. The molecule has 1 saturated heterocycles. The summed E-state index contributed by atoms with van der Waals surface area (Å²) in [7, 11) is 0. The topological polar surface area (TPSA) is 49.4 Å². The van der Waals surface area contributed by atoms with Crippen LogP contribution in [0.25, 0.3) is 0 Å². The zero-order chi connectivity index (χ0) is 17.1. The first-order valence-electron chi connectivity index (χ1n) is 7.60. The number of carbonyl (C=O) groups is 2. The molecule has 4 nitrogen and oxygen atoms in total. The molecule has 1 aliphatic heterocycles. The molecule has 1 atom stereocenters. The van der Waals surface area contributed by atoms with Gasteiger partial charge < -0.3 is 10.2 Å². The van der Waals surface area contributed by atoms with Crippen LogP contribution in [0.1, 0.15) is 12.0 Å². The lowest BCUT2D eigenvalue weighted by molar-refractivity contribution is -0.128. The Morgan fingerprint density at radius 1 is 1.12 bits per heavy atom. The van der Waals surface area contributed by atoms with Crippen molar-refractivity contribution in [2.45, 2.75) is 13.0 Å². The van der Waals surface area contributed by atoms with E-state index >= 15 is 0 Å². The number of nitrogens with zero attached hydrogens (tertiary/aromatic N) is 1. The minimum Gasteiger partial charge on any atom is -0.338 e. The number of likely N-dealkylation sites (tertiary alicyclic amines) is 1. The molecule has 0 radical (unpaired) electrons. The maximum absolute atomic E-state index is 13.2. The lowest BCUT2D eigenvalue weighted by Crippen LogP contribution is -2.28. The summed E-state index contributed by atoms with van der Waals surface area (Å²) in [5.74, 6) is -2.97. The van der Waals surface area contributed by atoms with E-state index in [9.17, 15) is 18.4 Å². The molecule has 2 aromatic rings. The van der Waals surface area contributed by atoms with Gasteiger partial charge in [-0.3, -0.25) is 9.59 Å². The van der Waals surface area contributed by atoms with Crippen molar-refractivity contribution in [2.75, 3.05) is 11.9 Å². The van der Waals surface area contributed by atoms with Gasteiger partial charge in [0.15, 0.2) is 11.6 Å². The number of halogens is 2. The molecule has 6 heteroatoms. The molecular weight excluding hydrogens is 314 g/mol. The number of carbonyl (C=O) groups excluding carboxylic acids is 2. The fourth-order valence-electron chi connectivity index (χ4n) is 2.72. The largest absolute Gasteiger partial charge is 0.338 e. The van der Waals surface area contributed by atoms with Gasteiger partial charge in [0.2, 0.25) is 11.8 Å². The van der Waals surface area contributed by atoms with E-state index in [-0.39, 0.29) is 23.9 Å². The highest BCUT2D eigenvalue weighted by atomic mass is 19.2. The number of hydrogen-bond acceptors (Lipinski definition) is 2. The predicted molar refractivity (Wildman–Crippen MR) is 85.0 cm³/mol. The SMILES string of the molecule is O=C(Nc1ccc(F)c(F)c1)C1CC(=O)N(Cc2ccccc2)C1. The minimum atomic E-state index is -1.03. The number of nitrogens with one attached hydrogen (secondary N) is 1. The van der Waals surface area contributed by atoms with Crippen LogP contribution in [-0.2, 0) is 16.1 Å². The maximum Gasteiger partial charge on any atom is 0.229 e. The molecule has 2 amide bonds. The third-order valence-corrected chi connectivity index (χ3v) is 3.99. The quantitative estimate of drug-likeness (QED) is 0.937. The van der Waals surface area contributed by atoms with Crippen LogP contribution in [0, 0.1) is 17.6 Å². The first-order chi connectivity index (χ1) is 11.5. The van der Waals surface area contributed by atoms with Crippen molar-refractivity contribution in [3.63, 3.8) is 0 Å². The number of anilines is 1. The lowest BCUT2D eigenvalue weighted by Gasteiger charge is -2.16. The van der Waals surface area contributed by atoms with Gasteiger partial charge in [0.05, 0.1) is 5.92 Å². The van der Waals surface area contributed by atoms with Crippen LogP contribution < -0.4 is 5.32 Å². The van der Waals surface area contributed by atoms with Crippen LogP contribution in [0.4, 0.5) is 14.5 Å². The number of benzene rings is 2. The molecule has 1 heterocycles. The summed E-state index contributed by atoms with van der Waals surface area (Å²) in [4.78, 5) is 26.0. The molecule has 1 N–H and O–H groups in total. The highest BCUT2D eigenvalue weighted by molar-refractivity contribution is 5.97. The van der Waals surface area contributed by atoms with Gasteiger partial charge in [-0.2, -0.15) is 0 Å². The summed E-state index contributed by atoms with van der Waals surface area (Å²) < 4.78 is 26.1. The molecular formula is C18H16F2N2O2. The number of rotatable bonds is 4. The zero-order valence-electron chi connectivity index (χ0n) is 12.8. The Hall–Kier alpha value is -2.76. The van der Waals surface area contributed by atoms with Gasteiger partial charge in [-0.25, -0.2) is 8.78 Å². The summed E-state index contributed by atoms with van der Waals surface area (Å²) in [5.41, 5.74) is 1.17. The van der Waals surface area contributed by atoms with Crippen LogP contribution in [0.3, 0.4) is 0 Å². The van der Waals surface area contributed by atoms with Gasteiger partial charge in [0.1, 0.15) is 0 Å². The summed E-state index contributed by atoms with van der Waals surface area (Å²) >= 11 is 0. The van der Waals surface area contributed by atoms with Gasteiger partial charge in [0, 0.05) is 31.3 Å². The fourth-order valence-corrected chi connectivity index (χ4v) is 2.72. The Balaban J connectivity index is 1.62. The highest BCUT2D eigenvalue weighted by Gasteiger charge is 2.34. The van der Waals surface area contributed by atoms with Crippen molar-refractivity contribution >= 4 is 17.5 Å². The molecule has 0 aliphatic carbocycles. The van der Waals surface area contributed by atoms with Crippen LogP contribution in [0.5, 0.6) is 0 Å². The smallest absolute Gasteiger partial charge is 0.229 e. The second kappa shape index (κ2) is 6.78. The van der Waals surface area contributed by atoms with Crippen molar-refractivity contribution in [3.05, 3.63) is 65.7 Å². The number of amides is 2. The van der Waals surface area contributed by atoms with Gasteiger partial charge in [0.25, 0.3) is 0 Å². The predicted octanol–water partition coefficient (Wildman–Crippen LogP) is 2.95. The van der Waals surface area contributed by atoms with Crippen molar-refractivity contribution in [1.29, 1.82) is 0 Å². The van der Waals surface area contributed by atoms with Crippen molar-refractivity contribution in [3.8, 4) is 0 Å². The molecule has 0 saturated carbocycles. The Morgan fingerprint density at radius 3 is 2.58 bits per heavy atom. The van der Waals surface area contributed by atoms with Crippen molar-refractivity contribution < 1.29 is 18.4 Å². The molecule has 2 aromatic carbocycles. The summed E-state index contributed by atoms with van der Waals surface area (Å²) in [5, 5.41) is 2.53. The van der Waals surface area contributed by atoms with Crippen molar-refractivity contribution in [2.24, 2.45) is 5.92 Å². The van der Waals surface area contributed by atoms with Crippen LogP contribution in [-0.4, -0.2) is 23.3 Å². The molecule has 24 heavy (non-hydrogen) atoms. The molecule has 0 bridgehead atoms. The standard InChI is InChI=1S/C18H16F2N2O2/c19-15-7-6-14(9-16(15)20)21-18(24)13-8-17(23)22(11-13)10-12-4-2-1-3-5-12/h1-7,9,13H,8,10-11H2,(H,21,24). The Morgan fingerprint density at radius 2 is 1.88 bits per heavy atom. The van der Waals surface area contributed by atoms with E-state index < -0.39 is 17.6 Å². The molecule has 1 unspecified atom stereocenters. The summed E-state index contributed by atoms with van der Waals surface area (Å²) in [6.07, 6.45) is 0.113. The summed E-state index contributed by atoms with van der Waals surface area (Å²) in [6.45, 7) is 0.762. The van der Waals surface area contributed by atoms with Crippen LogP contribution >= 0.6 is 0 Å². The average Bonchev–Trinajstić information content (AvgIpc) is 2.93. The minimum absolute atomic E-state index is 0.0933. The average molecular weight is 330 g/mol. The highest BCUT2D eigenvalue weighted by Crippen LogP contribution is 2.22. The van der Waals surface area contributed by atoms with E-state index in [2.05, 4.69) is 5.32 Å². The third kappa shape index (κ3) is 3.59. The Kier molecular flexibility index (Phi) is 4.55. The van der Waals surface area contributed by atoms with E-state index in [4.69, 9.17) is 0 Å². The van der Waals surface area contributed by atoms with Gasteiger partial charge in [-0.1, -0.05) is 30.3 Å². The van der Waals surface area contributed by atoms with E-state index in [0.717, 1.165) is 17.7 Å². The molecule has 124 valence electrons. The maximum atomic E-state index is 13.2. The third-order valence-electron chi connectivity index (χ3n) is 3.99. The monoisotopic (exact) mass is 330 g/mol. The van der Waals surface area contributed by atoms with Gasteiger partial charge in [-0.15, -0.1) is 0 Å². The normalized spacial score (nSPS) is 17.2. The second-order valence-electron chi connectivity index (χ2n) is 5.78. The van der Waals surface area contributed by atoms with Crippen molar-refractivity contribution in [1.82, 2.24) is 4.90 Å². The number of hydrogen-bond donors (Lipinski definition) is 1. The first-order valence-corrected chi connectivity index (χ1v) is 7.60. The second-order valence-corrected chi connectivity index (χ2v) is 5.78. The molecule has 0 spiro atoms. The fraction of sp³-hybridized carbons (Fsp3) is 0.222. The first kappa shape index (κ1) is 16.1. The van der Waals surface area contributed by atoms with Gasteiger partial charge in [-0.05, 0) is 17.7 Å². The van der Waals surface area contributed by atoms with Crippen LogP contribution in [0.15, 0.2) is 48.5 Å². The Bertz CT molecular complexity index is 765. The molecule has 1 aliphatic rings. The summed E-state index contributed by atoms with van der Waals surface area (Å²) in [6, 6.07) is 12.7. The van der Waals surface area contributed by atoms with Gasteiger partial charge >= 0.3 is 0 Å². The lowest BCUT2D eigenvalue weighted by atomic mass is 10.1. The Labute approximate surface area is 138 Å².